The van der Waals surface area contributed by atoms with Crippen LogP contribution >= 0.6 is 0 Å². The summed E-state index contributed by atoms with van der Waals surface area (Å²) in [7, 11) is 3.41. The van der Waals surface area contributed by atoms with Gasteiger partial charge < -0.3 is 9.39 Å². The van der Waals surface area contributed by atoms with Gasteiger partial charge in [0.05, 0.1) is 13.7 Å². The van der Waals surface area contributed by atoms with Crippen LogP contribution < -0.4 is 10.2 Å². The number of rotatable bonds is 1. The van der Waals surface area contributed by atoms with E-state index >= 15 is 0 Å². The van der Waals surface area contributed by atoms with Crippen LogP contribution in [0.25, 0.3) is 0 Å². The van der Waals surface area contributed by atoms with Gasteiger partial charge >= 0.3 is 7.48 Å². The van der Waals surface area contributed by atoms with Gasteiger partial charge in [-0.2, -0.15) is 0 Å². The maximum Gasteiger partial charge on any atom is 0.334 e. The van der Waals surface area contributed by atoms with E-state index in [2.05, 4.69) is 0 Å². The summed E-state index contributed by atoms with van der Waals surface area (Å²) in [5.41, 5.74) is 2.28. The minimum atomic E-state index is 0.673. The maximum absolute atomic E-state index is 5.15. The topological polar surface area (TPSA) is 18.5 Å². The van der Waals surface area contributed by atoms with Crippen molar-refractivity contribution in [3.63, 3.8) is 0 Å². The molecule has 1 aromatic carbocycles. The van der Waals surface area contributed by atoms with Crippen molar-refractivity contribution in [2.24, 2.45) is 0 Å². The number of methoxy groups -OCH3 is 1. The summed E-state index contributed by atoms with van der Waals surface area (Å²) in [4.78, 5) is 0. The molecule has 55 valence electrons. The van der Waals surface area contributed by atoms with Crippen LogP contribution in [0.1, 0.15) is 5.56 Å². The van der Waals surface area contributed by atoms with Gasteiger partial charge in [-0.05, 0) is 17.1 Å². The second-order valence-electron chi connectivity index (χ2n) is 2.46. The Kier molecular flexibility index (Phi) is 1.58. The largest absolute Gasteiger partial charge is 0.497 e. The van der Waals surface area contributed by atoms with Gasteiger partial charge in [0.15, 0.2) is 0 Å². The van der Waals surface area contributed by atoms with E-state index in [1.807, 2.05) is 18.2 Å². The van der Waals surface area contributed by atoms with Crippen molar-refractivity contribution in [1.29, 1.82) is 0 Å². The Bertz CT molecular complexity index is 273. The average Bonchev–Trinajstić information content (AvgIpc) is 2.50. The average molecular weight is 147 g/mol. The van der Waals surface area contributed by atoms with E-state index in [4.69, 9.17) is 9.39 Å². The van der Waals surface area contributed by atoms with Crippen LogP contribution in [0.2, 0.25) is 0 Å². The number of hydrogen-bond acceptors (Lipinski definition) is 2. The highest BCUT2D eigenvalue weighted by Gasteiger charge is 2.16. The maximum atomic E-state index is 5.15. The van der Waals surface area contributed by atoms with Crippen molar-refractivity contribution < 1.29 is 9.39 Å². The Labute approximate surface area is 66.4 Å². The summed E-state index contributed by atoms with van der Waals surface area (Å²) >= 11 is 0. The lowest BCUT2D eigenvalue weighted by atomic mass is 9.86. The van der Waals surface area contributed by atoms with Gasteiger partial charge in [0, 0.05) is 0 Å². The number of ether oxygens (including phenoxy) is 1. The summed E-state index contributed by atoms with van der Waals surface area (Å²) in [5.74, 6) is 0.889. The zero-order valence-corrected chi connectivity index (χ0v) is 6.33. The smallest absolute Gasteiger partial charge is 0.334 e. The normalized spacial score (nSPS) is 13.9. The zero-order chi connectivity index (χ0) is 7.68. The van der Waals surface area contributed by atoms with Crippen LogP contribution in [0.5, 0.6) is 5.75 Å². The molecule has 0 atom stereocenters. The fraction of sp³-hybridized carbons (Fsp3) is 0.250. The van der Waals surface area contributed by atoms with Crippen molar-refractivity contribution in [2.75, 3.05) is 7.11 Å². The molecule has 1 aliphatic heterocycles. The molecule has 0 bridgehead atoms. The Balaban J connectivity index is 2.50. The Morgan fingerprint density at radius 3 is 3.27 bits per heavy atom. The summed E-state index contributed by atoms with van der Waals surface area (Å²) in [5, 5.41) is 0. The molecular formula is C8H8BO2. The molecule has 2 nitrogen and oxygen atoms in total. The third-order valence-electron chi connectivity index (χ3n) is 1.82. The van der Waals surface area contributed by atoms with Crippen molar-refractivity contribution >= 4 is 12.9 Å². The second kappa shape index (κ2) is 2.59. The molecule has 3 heteroatoms. The van der Waals surface area contributed by atoms with E-state index in [1.165, 1.54) is 5.56 Å². The van der Waals surface area contributed by atoms with E-state index in [-0.39, 0.29) is 0 Å². The lowest BCUT2D eigenvalue weighted by Crippen LogP contribution is -2.14. The van der Waals surface area contributed by atoms with Crippen molar-refractivity contribution in [3.8, 4) is 5.75 Å². The van der Waals surface area contributed by atoms with E-state index in [9.17, 15) is 0 Å². The van der Waals surface area contributed by atoms with E-state index in [0.717, 1.165) is 11.2 Å². The van der Waals surface area contributed by atoms with E-state index in [1.54, 1.807) is 14.6 Å². The molecule has 0 saturated heterocycles. The van der Waals surface area contributed by atoms with Gasteiger partial charge in [-0.25, -0.2) is 0 Å². The van der Waals surface area contributed by atoms with Gasteiger partial charge in [0.2, 0.25) is 0 Å². The van der Waals surface area contributed by atoms with Gasteiger partial charge in [-0.15, -0.1) is 0 Å². The van der Waals surface area contributed by atoms with Gasteiger partial charge in [0.1, 0.15) is 5.75 Å². The lowest BCUT2D eigenvalue weighted by molar-refractivity contribution is 0.345. The standard InChI is InChI=1S/C8H8BO2/c1-10-7-4-2-3-6-5-11-9-8(6)7/h2-4H,5H2,1H3. The number of fused-ring (bicyclic) bond motifs is 1. The molecular weight excluding hydrogens is 139 g/mol. The minimum absolute atomic E-state index is 0.673. The highest BCUT2D eigenvalue weighted by Crippen LogP contribution is 2.14. The molecule has 0 spiro atoms. The summed E-state index contributed by atoms with van der Waals surface area (Å²) < 4.78 is 10.3. The molecule has 0 aromatic heterocycles. The highest BCUT2D eigenvalue weighted by atomic mass is 16.5. The molecule has 0 unspecified atom stereocenters. The van der Waals surface area contributed by atoms with E-state index < -0.39 is 0 Å². The van der Waals surface area contributed by atoms with Gasteiger partial charge in [0.25, 0.3) is 0 Å². The van der Waals surface area contributed by atoms with Crippen LogP contribution in [0.15, 0.2) is 18.2 Å². The molecule has 0 fully saturated rings. The summed E-state index contributed by atoms with van der Waals surface area (Å²) in [6.45, 7) is 0.673. The van der Waals surface area contributed by atoms with Gasteiger partial charge in [-0.3, -0.25) is 0 Å². The molecule has 1 radical (unpaired) electrons. The first kappa shape index (κ1) is 6.74. The first-order chi connectivity index (χ1) is 5.42. The number of hydrogen-bond donors (Lipinski definition) is 0. The first-order valence-corrected chi connectivity index (χ1v) is 3.52. The molecule has 1 aromatic rings. The predicted molar refractivity (Wildman–Crippen MR) is 43.2 cm³/mol. The minimum Gasteiger partial charge on any atom is -0.497 e. The molecule has 0 amide bonds. The second-order valence-corrected chi connectivity index (χ2v) is 2.46. The Morgan fingerprint density at radius 1 is 1.55 bits per heavy atom. The van der Waals surface area contributed by atoms with Crippen LogP contribution in [0, 0.1) is 0 Å². The summed E-state index contributed by atoms with van der Waals surface area (Å²) in [6.07, 6.45) is 0. The fourth-order valence-electron chi connectivity index (χ4n) is 1.24. The first-order valence-electron chi connectivity index (χ1n) is 3.52. The third kappa shape index (κ3) is 1.01. The van der Waals surface area contributed by atoms with Crippen molar-refractivity contribution in [3.05, 3.63) is 23.8 Å². The molecule has 0 N–H and O–H groups in total. The highest BCUT2D eigenvalue weighted by molar-refractivity contribution is 6.50. The van der Waals surface area contributed by atoms with Crippen LogP contribution in [-0.4, -0.2) is 14.6 Å². The Morgan fingerprint density at radius 2 is 2.45 bits per heavy atom. The fourth-order valence-corrected chi connectivity index (χ4v) is 1.24. The van der Waals surface area contributed by atoms with Crippen LogP contribution in [0.4, 0.5) is 0 Å². The van der Waals surface area contributed by atoms with E-state index in [0.29, 0.717) is 6.61 Å². The molecule has 1 aliphatic rings. The van der Waals surface area contributed by atoms with Crippen LogP contribution in [0.3, 0.4) is 0 Å². The Hall–Kier alpha value is -0.955. The monoisotopic (exact) mass is 147 g/mol. The molecule has 0 aliphatic carbocycles. The van der Waals surface area contributed by atoms with Crippen molar-refractivity contribution in [1.82, 2.24) is 0 Å². The SMILES string of the molecule is COc1cccc2c1[B]OC2. The summed E-state index contributed by atoms with van der Waals surface area (Å²) in [6, 6.07) is 5.95. The molecule has 0 saturated carbocycles. The molecule has 11 heavy (non-hydrogen) atoms. The molecule has 1 heterocycles. The zero-order valence-electron chi connectivity index (χ0n) is 6.33. The van der Waals surface area contributed by atoms with Crippen LogP contribution in [-0.2, 0) is 11.3 Å². The van der Waals surface area contributed by atoms with Crippen molar-refractivity contribution in [2.45, 2.75) is 6.61 Å². The number of benzene rings is 1. The molecule has 2 rings (SSSR count). The third-order valence-corrected chi connectivity index (χ3v) is 1.82. The lowest BCUT2D eigenvalue weighted by Gasteiger charge is -2.03. The predicted octanol–water partition coefficient (Wildman–Crippen LogP) is 0.470. The quantitative estimate of drug-likeness (QED) is 0.537. The van der Waals surface area contributed by atoms with Gasteiger partial charge in [-0.1, -0.05) is 12.1 Å².